The molecule has 0 spiro atoms. The van der Waals surface area contributed by atoms with Crippen LogP contribution in [0.4, 0.5) is 0 Å². The number of fused-ring (bicyclic) bond motifs is 11. The van der Waals surface area contributed by atoms with Crippen molar-refractivity contribution in [2.45, 2.75) is 0 Å². The van der Waals surface area contributed by atoms with Crippen molar-refractivity contribution in [3.05, 3.63) is 194 Å². The van der Waals surface area contributed by atoms with Crippen LogP contribution in [0, 0.1) is 0 Å². The molecule has 0 aromatic heterocycles. The molecule has 0 N–H and O–H groups in total. The second-order valence-corrected chi connectivity index (χ2v) is 14.0. The number of hydrogen-bond donors (Lipinski definition) is 0. The summed E-state index contributed by atoms with van der Waals surface area (Å²) in [6, 6.07) is 72.0. The third-order valence-electron chi connectivity index (χ3n) is 11.2. The molecule has 0 heterocycles. The summed E-state index contributed by atoms with van der Waals surface area (Å²) < 4.78 is 0. The van der Waals surface area contributed by atoms with E-state index in [2.05, 4.69) is 194 Å². The first-order valence-corrected chi connectivity index (χ1v) is 18.1. The van der Waals surface area contributed by atoms with E-state index in [4.69, 9.17) is 0 Å². The van der Waals surface area contributed by atoms with Crippen LogP contribution in [0.5, 0.6) is 0 Å². The highest BCUT2D eigenvalue weighted by Gasteiger charge is 2.16. The monoisotopic (exact) mass is 656 g/mol. The molecule has 0 aliphatic heterocycles. The Balaban J connectivity index is 1.16. The Morgan fingerprint density at radius 2 is 0.558 bits per heavy atom. The van der Waals surface area contributed by atoms with Gasteiger partial charge in [0.05, 0.1) is 0 Å². The van der Waals surface area contributed by atoms with Crippen LogP contribution in [0.25, 0.3) is 109 Å². The van der Waals surface area contributed by atoms with Crippen molar-refractivity contribution in [1.29, 1.82) is 0 Å². The van der Waals surface area contributed by atoms with Gasteiger partial charge >= 0.3 is 0 Å². The summed E-state index contributed by atoms with van der Waals surface area (Å²) in [4.78, 5) is 0. The summed E-state index contributed by atoms with van der Waals surface area (Å²) >= 11 is 0. The molecule has 11 rings (SSSR count). The summed E-state index contributed by atoms with van der Waals surface area (Å²) in [5.41, 5.74) is 7.48. The minimum atomic E-state index is 1.22. The van der Waals surface area contributed by atoms with E-state index in [-0.39, 0.29) is 0 Å². The van der Waals surface area contributed by atoms with E-state index >= 15 is 0 Å². The molecule has 52 heavy (non-hydrogen) atoms. The van der Waals surface area contributed by atoms with E-state index in [1.165, 1.54) is 109 Å². The van der Waals surface area contributed by atoms with Crippen molar-refractivity contribution in [2.24, 2.45) is 0 Å². The van der Waals surface area contributed by atoms with E-state index < -0.39 is 0 Å². The van der Waals surface area contributed by atoms with Crippen LogP contribution in [-0.4, -0.2) is 0 Å². The van der Waals surface area contributed by atoms with Crippen molar-refractivity contribution >= 4 is 75.4 Å². The number of benzene rings is 11. The van der Waals surface area contributed by atoms with Gasteiger partial charge in [-0.2, -0.15) is 0 Å². The summed E-state index contributed by atoms with van der Waals surface area (Å²) in [6.45, 7) is 0. The van der Waals surface area contributed by atoms with Crippen LogP contribution in [0.3, 0.4) is 0 Å². The summed E-state index contributed by atoms with van der Waals surface area (Å²) in [6.07, 6.45) is 0. The maximum atomic E-state index is 2.44. The average Bonchev–Trinajstić information content (AvgIpc) is 3.22. The SMILES string of the molecule is c1cc(-c2cc3c4ccccc4ccc3c3ccccc23)cc(-c2cc3c4ccccc4c(-c4ccc5ccccc5c4)cc3c3ccccc23)c1. The zero-order valence-electron chi connectivity index (χ0n) is 28.5. The average molecular weight is 657 g/mol. The fourth-order valence-corrected chi connectivity index (χ4v) is 8.74. The third kappa shape index (κ3) is 4.41. The second kappa shape index (κ2) is 11.4. The van der Waals surface area contributed by atoms with Crippen molar-refractivity contribution in [2.75, 3.05) is 0 Å². The van der Waals surface area contributed by atoms with E-state index in [1.54, 1.807) is 0 Å². The Kier molecular flexibility index (Phi) is 6.35. The lowest BCUT2D eigenvalue weighted by Crippen LogP contribution is -1.90. The van der Waals surface area contributed by atoms with Gasteiger partial charge in [0.1, 0.15) is 0 Å². The Labute approximate surface area is 301 Å². The largest absolute Gasteiger partial charge is 0.0616 e. The first-order chi connectivity index (χ1) is 25.8. The lowest BCUT2D eigenvalue weighted by molar-refractivity contribution is 1.64. The van der Waals surface area contributed by atoms with Gasteiger partial charge in [0.2, 0.25) is 0 Å². The molecule has 0 nitrogen and oxygen atoms in total. The van der Waals surface area contributed by atoms with Gasteiger partial charge in [-0.3, -0.25) is 0 Å². The molecule has 0 heteroatoms. The van der Waals surface area contributed by atoms with Gasteiger partial charge in [-0.1, -0.05) is 164 Å². The highest BCUT2D eigenvalue weighted by Crippen LogP contribution is 2.44. The van der Waals surface area contributed by atoms with Gasteiger partial charge in [0.15, 0.2) is 0 Å². The van der Waals surface area contributed by atoms with E-state index in [0.717, 1.165) is 0 Å². The lowest BCUT2D eigenvalue weighted by Gasteiger charge is -2.17. The smallest absolute Gasteiger partial charge is 0.00923 e. The van der Waals surface area contributed by atoms with Crippen LogP contribution < -0.4 is 0 Å². The van der Waals surface area contributed by atoms with Crippen LogP contribution in [0.2, 0.25) is 0 Å². The molecule has 0 bridgehead atoms. The molecule has 0 fully saturated rings. The van der Waals surface area contributed by atoms with E-state index in [1.807, 2.05) is 0 Å². The van der Waals surface area contributed by atoms with Crippen LogP contribution in [-0.2, 0) is 0 Å². The van der Waals surface area contributed by atoms with Gasteiger partial charge in [-0.15, -0.1) is 0 Å². The number of hydrogen-bond acceptors (Lipinski definition) is 0. The molecule has 0 radical (unpaired) electrons. The molecule has 0 saturated heterocycles. The van der Waals surface area contributed by atoms with Gasteiger partial charge in [-0.25, -0.2) is 0 Å². The molecule has 0 aliphatic rings. The topological polar surface area (TPSA) is 0 Å². The van der Waals surface area contributed by atoms with Gasteiger partial charge in [-0.05, 0) is 139 Å². The maximum Gasteiger partial charge on any atom is -0.00923 e. The first-order valence-electron chi connectivity index (χ1n) is 18.1. The molecule has 0 amide bonds. The normalized spacial score (nSPS) is 11.8. The Morgan fingerprint density at radius 3 is 1.13 bits per heavy atom. The second-order valence-electron chi connectivity index (χ2n) is 14.0. The summed E-state index contributed by atoms with van der Waals surface area (Å²) in [5.74, 6) is 0. The fourth-order valence-electron chi connectivity index (χ4n) is 8.74. The Bertz CT molecular complexity index is 3240. The maximum absolute atomic E-state index is 2.44. The minimum Gasteiger partial charge on any atom is -0.0616 e. The molecule has 0 unspecified atom stereocenters. The van der Waals surface area contributed by atoms with Gasteiger partial charge in [0, 0.05) is 0 Å². The molecule has 0 saturated carbocycles. The van der Waals surface area contributed by atoms with Gasteiger partial charge in [0.25, 0.3) is 0 Å². The summed E-state index contributed by atoms with van der Waals surface area (Å²) in [7, 11) is 0. The quantitative estimate of drug-likeness (QED) is 0.166. The molecular weight excluding hydrogens is 625 g/mol. The van der Waals surface area contributed by atoms with Crippen LogP contribution in [0.1, 0.15) is 0 Å². The van der Waals surface area contributed by atoms with Crippen LogP contribution in [0.15, 0.2) is 194 Å². The van der Waals surface area contributed by atoms with E-state index in [0.29, 0.717) is 0 Å². The molecule has 11 aromatic carbocycles. The molecule has 240 valence electrons. The predicted molar refractivity (Wildman–Crippen MR) is 225 cm³/mol. The highest BCUT2D eigenvalue weighted by atomic mass is 14.2. The van der Waals surface area contributed by atoms with Crippen molar-refractivity contribution in [3.63, 3.8) is 0 Å². The molecule has 11 aromatic rings. The van der Waals surface area contributed by atoms with E-state index in [9.17, 15) is 0 Å². The lowest BCUT2D eigenvalue weighted by atomic mass is 9.86. The number of rotatable bonds is 3. The fraction of sp³-hybridized carbons (Fsp3) is 0. The molecule has 0 atom stereocenters. The Morgan fingerprint density at radius 1 is 0.173 bits per heavy atom. The minimum absolute atomic E-state index is 1.22. The molecular formula is C52H32. The van der Waals surface area contributed by atoms with Gasteiger partial charge < -0.3 is 0 Å². The first kappa shape index (κ1) is 29.0. The third-order valence-corrected chi connectivity index (χ3v) is 11.2. The zero-order chi connectivity index (χ0) is 34.2. The van der Waals surface area contributed by atoms with Crippen molar-refractivity contribution in [3.8, 4) is 33.4 Å². The zero-order valence-corrected chi connectivity index (χ0v) is 28.5. The highest BCUT2D eigenvalue weighted by molar-refractivity contribution is 6.24. The predicted octanol–water partition coefficient (Wildman–Crippen LogP) is 14.8. The van der Waals surface area contributed by atoms with Crippen molar-refractivity contribution < 1.29 is 0 Å². The Hall–Kier alpha value is -6.76. The standard InChI is InChI=1S/C52H32/c1-2-14-35-28-38(25-24-33(35)12-1)49-32-52-44-22-9-7-20-42(44)48(31-51(52)45-23-10-8-21-43(45)49)37-16-11-15-36(29-37)47-30-50-39-17-4-3-13-34(39)26-27-46(50)40-18-5-6-19-41(40)47/h1-32H. The summed E-state index contributed by atoms with van der Waals surface area (Å²) in [5, 5.41) is 17.9. The van der Waals surface area contributed by atoms with Crippen LogP contribution >= 0.6 is 0 Å². The molecule has 0 aliphatic carbocycles. The van der Waals surface area contributed by atoms with Crippen molar-refractivity contribution in [1.82, 2.24) is 0 Å².